The van der Waals surface area contributed by atoms with Gasteiger partial charge in [0.25, 0.3) is 0 Å². The highest BCUT2D eigenvalue weighted by Gasteiger charge is 2.28. The monoisotopic (exact) mass is 312 g/mol. The number of aryl methyl sites for hydroxylation is 1. The summed E-state index contributed by atoms with van der Waals surface area (Å²) >= 11 is 6.78. The van der Waals surface area contributed by atoms with E-state index < -0.39 is 6.04 Å². The zero-order valence-electron chi connectivity index (χ0n) is 12.0. The quantitative estimate of drug-likeness (QED) is 0.643. The standard InChI is InChI=1S/C14H20N2O2S2/c1-10-4-6-11(7-5-10)16(14(15)19)12(8-9-20-3)13(17)18-2/h4-7,12H,8-9H2,1-3H3,(H2,15,19)/t12-/m0/s1. The van der Waals surface area contributed by atoms with Gasteiger partial charge in [0.1, 0.15) is 6.04 Å². The average Bonchev–Trinajstić information content (AvgIpc) is 2.43. The van der Waals surface area contributed by atoms with Gasteiger partial charge in [-0.3, -0.25) is 0 Å². The number of esters is 1. The number of rotatable bonds is 6. The summed E-state index contributed by atoms with van der Waals surface area (Å²) in [6.07, 6.45) is 2.62. The van der Waals surface area contributed by atoms with Gasteiger partial charge in [-0.2, -0.15) is 11.8 Å². The van der Waals surface area contributed by atoms with Crippen molar-refractivity contribution in [3.05, 3.63) is 29.8 Å². The Morgan fingerprint density at radius 3 is 2.50 bits per heavy atom. The third kappa shape index (κ3) is 4.38. The number of hydrogen-bond acceptors (Lipinski definition) is 4. The Bertz CT molecular complexity index is 463. The molecule has 0 aliphatic rings. The molecule has 0 aliphatic carbocycles. The third-order valence-electron chi connectivity index (χ3n) is 2.93. The SMILES string of the molecule is COC(=O)[C@H](CCSC)N(C(N)=S)c1ccc(C)cc1. The van der Waals surface area contributed by atoms with Gasteiger partial charge in [-0.25, -0.2) is 4.79 Å². The Kier molecular flexibility index (Phi) is 6.81. The fraction of sp³-hybridized carbons (Fsp3) is 0.429. The lowest BCUT2D eigenvalue weighted by Gasteiger charge is -2.30. The van der Waals surface area contributed by atoms with E-state index in [1.54, 1.807) is 16.7 Å². The predicted octanol–water partition coefficient (Wildman–Crippen LogP) is 2.34. The largest absolute Gasteiger partial charge is 0.467 e. The maximum atomic E-state index is 12.0. The molecule has 20 heavy (non-hydrogen) atoms. The molecule has 0 heterocycles. The average molecular weight is 312 g/mol. The molecule has 0 saturated heterocycles. The van der Waals surface area contributed by atoms with E-state index in [2.05, 4.69) is 0 Å². The van der Waals surface area contributed by atoms with E-state index in [1.807, 2.05) is 37.4 Å². The van der Waals surface area contributed by atoms with Gasteiger partial charge >= 0.3 is 5.97 Å². The highest BCUT2D eigenvalue weighted by Crippen LogP contribution is 2.21. The van der Waals surface area contributed by atoms with Gasteiger partial charge in [-0.1, -0.05) is 17.7 Å². The lowest BCUT2D eigenvalue weighted by Crippen LogP contribution is -2.48. The predicted molar refractivity (Wildman–Crippen MR) is 89.2 cm³/mol. The van der Waals surface area contributed by atoms with Crippen LogP contribution in [0.25, 0.3) is 0 Å². The topological polar surface area (TPSA) is 55.6 Å². The number of thioether (sulfide) groups is 1. The van der Waals surface area contributed by atoms with Crippen molar-refractivity contribution in [2.75, 3.05) is 24.0 Å². The van der Waals surface area contributed by atoms with Gasteiger partial charge in [0.05, 0.1) is 7.11 Å². The molecule has 0 unspecified atom stereocenters. The second-order valence-electron chi connectivity index (χ2n) is 4.36. The number of ether oxygens (including phenoxy) is 1. The second-order valence-corrected chi connectivity index (χ2v) is 5.77. The van der Waals surface area contributed by atoms with E-state index in [9.17, 15) is 4.79 Å². The van der Waals surface area contributed by atoms with Crippen molar-refractivity contribution in [3.63, 3.8) is 0 Å². The molecule has 0 spiro atoms. The molecule has 110 valence electrons. The zero-order chi connectivity index (χ0) is 15.1. The minimum absolute atomic E-state index is 0.172. The highest BCUT2D eigenvalue weighted by atomic mass is 32.2. The van der Waals surface area contributed by atoms with Crippen molar-refractivity contribution < 1.29 is 9.53 Å². The number of methoxy groups -OCH3 is 1. The first-order chi connectivity index (χ1) is 9.51. The molecule has 2 N–H and O–H groups in total. The molecule has 0 fully saturated rings. The van der Waals surface area contributed by atoms with Gasteiger partial charge < -0.3 is 15.4 Å². The smallest absolute Gasteiger partial charge is 0.328 e. The summed E-state index contributed by atoms with van der Waals surface area (Å²) in [5.74, 6) is 0.498. The normalized spacial score (nSPS) is 11.8. The molecule has 0 radical (unpaired) electrons. The summed E-state index contributed by atoms with van der Waals surface area (Å²) in [5.41, 5.74) is 7.75. The van der Waals surface area contributed by atoms with Crippen LogP contribution in [0.1, 0.15) is 12.0 Å². The van der Waals surface area contributed by atoms with Crippen molar-refractivity contribution in [1.29, 1.82) is 0 Å². The van der Waals surface area contributed by atoms with Crippen molar-refractivity contribution in [3.8, 4) is 0 Å². The van der Waals surface area contributed by atoms with Crippen LogP contribution in [0.4, 0.5) is 5.69 Å². The van der Waals surface area contributed by atoms with E-state index in [0.717, 1.165) is 17.0 Å². The molecule has 4 nitrogen and oxygen atoms in total. The Hall–Kier alpha value is -1.27. The van der Waals surface area contributed by atoms with Crippen LogP contribution in [-0.2, 0) is 9.53 Å². The molecular weight excluding hydrogens is 292 g/mol. The summed E-state index contributed by atoms with van der Waals surface area (Å²) in [6.45, 7) is 2.00. The van der Waals surface area contributed by atoms with Crippen LogP contribution < -0.4 is 10.6 Å². The summed E-state index contributed by atoms with van der Waals surface area (Å²) in [5, 5.41) is 0.172. The maximum absolute atomic E-state index is 12.0. The fourth-order valence-corrected chi connectivity index (χ4v) is 2.58. The number of thiocarbonyl (C=S) groups is 1. The Morgan fingerprint density at radius 2 is 2.05 bits per heavy atom. The molecule has 1 aromatic rings. The molecule has 1 aromatic carbocycles. The van der Waals surface area contributed by atoms with E-state index in [0.29, 0.717) is 6.42 Å². The van der Waals surface area contributed by atoms with Crippen molar-refractivity contribution in [2.45, 2.75) is 19.4 Å². The summed E-state index contributed by atoms with van der Waals surface area (Å²) < 4.78 is 4.88. The van der Waals surface area contributed by atoms with E-state index in [1.165, 1.54) is 7.11 Å². The first kappa shape index (κ1) is 16.8. The van der Waals surface area contributed by atoms with Crippen LogP contribution in [-0.4, -0.2) is 36.2 Å². The molecule has 0 aliphatic heterocycles. The first-order valence-corrected chi connectivity index (χ1v) is 8.03. The number of anilines is 1. The number of carbonyl (C=O) groups excluding carboxylic acids is 1. The minimum Gasteiger partial charge on any atom is -0.467 e. The van der Waals surface area contributed by atoms with Crippen LogP contribution >= 0.6 is 24.0 Å². The number of nitrogens with zero attached hydrogens (tertiary/aromatic N) is 1. The number of benzene rings is 1. The van der Waals surface area contributed by atoms with Crippen LogP contribution in [0.2, 0.25) is 0 Å². The van der Waals surface area contributed by atoms with Crippen LogP contribution in [0, 0.1) is 6.92 Å². The molecule has 0 saturated carbocycles. The zero-order valence-corrected chi connectivity index (χ0v) is 13.6. The Labute approximate surface area is 129 Å². The third-order valence-corrected chi connectivity index (χ3v) is 3.77. The van der Waals surface area contributed by atoms with E-state index >= 15 is 0 Å². The van der Waals surface area contributed by atoms with Gasteiger partial charge in [-0.05, 0) is 49.7 Å². The van der Waals surface area contributed by atoms with Crippen LogP contribution in [0.5, 0.6) is 0 Å². The summed E-state index contributed by atoms with van der Waals surface area (Å²) in [7, 11) is 1.38. The summed E-state index contributed by atoms with van der Waals surface area (Å²) in [4.78, 5) is 13.7. The van der Waals surface area contributed by atoms with Gasteiger partial charge in [0.2, 0.25) is 0 Å². The van der Waals surface area contributed by atoms with Crippen molar-refractivity contribution in [2.24, 2.45) is 5.73 Å². The summed E-state index contributed by atoms with van der Waals surface area (Å²) in [6, 6.07) is 7.24. The van der Waals surface area contributed by atoms with E-state index in [-0.39, 0.29) is 11.1 Å². The van der Waals surface area contributed by atoms with Crippen molar-refractivity contribution in [1.82, 2.24) is 0 Å². The second kappa shape index (κ2) is 8.11. The number of carbonyl (C=O) groups is 1. The Morgan fingerprint density at radius 1 is 1.45 bits per heavy atom. The fourth-order valence-electron chi connectivity index (χ4n) is 1.88. The van der Waals surface area contributed by atoms with E-state index in [4.69, 9.17) is 22.7 Å². The lowest BCUT2D eigenvalue weighted by molar-refractivity contribution is -0.142. The van der Waals surface area contributed by atoms with Crippen LogP contribution in [0.15, 0.2) is 24.3 Å². The first-order valence-electron chi connectivity index (χ1n) is 6.23. The minimum atomic E-state index is -0.493. The number of nitrogens with two attached hydrogens (primary N) is 1. The molecule has 0 amide bonds. The molecular formula is C14H20N2O2S2. The number of hydrogen-bond donors (Lipinski definition) is 1. The molecule has 0 aromatic heterocycles. The Balaban J connectivity index is 3.09. The molecule has 1 rings (SSSR count). The molecule has 0 bridgehead atoms. The lowest BCUT2D eigenvalue weighted by atomic mass is 10.1. The van der Waals surface area contributed by atoms with Gasteiger partial charge in [0.15, 0.2) is 5.11 Å². The van der Waals surface area contributed by atoms with Crippen LogP contribution in [0.3, 0.4) is 0 Å². The van der Waals surface area contributed by atoms with Crippen molar-refractivity contribution >= 4 is 40.7 Å². The van der Waals surface area contributed by atoms with Gasteiger partial charge in [0, 0.05) is 5.69 Å². The molecule has 6 heteroatoms. The maximum Gasteiger partial charge on any atom is 0.328 e. The highest BCUT2D eigenvalue weighted by molar-refractivity contribution is 7.98. The van der Waals surface area contributed by atoms with Gasteiger partial charge in [-0.15, -0.1) is 0 Å². The molecule has 1 atom stereocenters.